The zero-order valence-electron chi connectivity index (χ0n) is 15.7. The van der Waals surface area contributed by atoms with Gasteiger partial charge in [-0.1, -0.05) is 0 Å². The molecular formula is C16H29IN6O2S. The van der Waals surface area contributed by atoms with Crippen molar-refractivity contribution in [3.05, 3.63) is 16.1 Å². The van der Waals surface area contributed by atoms with Crippen molar-refractivity contribution in [2.24, 2.45) is 4.99 Å². The number of morpholine rings is 1. The van der Waals surface area contributed by atoms with Gasteiger partial charge in [0.05, 0.1) is 19.8 Å². The van der Waals surface area contributed by atoms with Crippen LogP contribution < -0.4 is 10.6 Å². The summed E-state index contributed by atoms with van der Waals surface area (Å²) in [6.45, 7) is 7.93. The second kappa shape index (κ2) is 12.4. The Kier molecular flexibility index (Phi) is 11.0. The largest absolute Gasteiger partial charge is 0.379 e. The molecule has 0 saturated carbocycles. The number of carbonyl (C=O) groups excluding carboxylic acids is 1. The fraction of sp³-hybridized carbons (Fsp3) is 0.688. The van der Waals surface area contributed by atoms with E-state index in [0.29, 0.717) is 12.5 Å². The van der Waals surface area contributed by atoms with E-state index in [4.69, 9.17) is 4.74 Å². The Morgan fingerprint density at radius 2 is 2.12 bits per heavy atom. The monoisotopic (exact) mass is 496 g/mol. The first-order valence-electron chi connectivity index (χ1n) is 8.48. The van der Waals surface area contributed by atoms with Crippen molar-refractivity contribution < 1.29 is 9.53 Å². The number of hydrogen-bond donors (Lipinski definition) is 2. The minimum atomic E-state index is -0.0284. The summed E-state index contributed by atoms with van der Waals surface area (Å²) in [5, 5.41) is 7.55. The zero-order chi connectivity index (χ0) is 18.1. The summed E-state index contributed by atoms with van der Waals surface area (Å²) in [6, 6.07) is 0. The third kappa shape index (κ3) is 8.60. The summed E-state index contributed by atoms with van der Waals surface area (Å²) in [6.07, 6.45) is 1.86. The molecule has 1 fully saturated rings. The van der Waals surface area contributed by atoms with Gasteiger partial charge in [-0.15, -0.1) is 35.3 Å². The highest BCUT2D eigenvalue weighted by atomic mass is 127. The molecule has 0 radical (unpaired) electrons. The number of halogens is 1. The first kappa shape index (κ1) is 23.1. The van der Waals surface area contributed by atoms with Crippen LogP contribution in [0, 0.1) is 6.92 Å². The Labute approximate surface area is 176 Å². The minimum absolute atomic E-state index is 0. The quantitative estimate of drug-likeness (QED) is 0.326. The zero-order valence-corrected chi connectivity index (χ0v) is 18.8. The van der Waals surface area contributed by atoms with Gasteiger partial charge in [0, 0.05) is 51.3 Å². The highest BCUT2D eigenvalue weighted by Gasteiger charge is 2.10. The highest BCUT2D eigenvalue weighted by molar-refractivity contribution is 14.0. The number of hydrogen-bond acceptors (Lipinski definition) is 6. The lowest BCUT2D eigenvalue weighted by atomic mass is 10.4. The molecule has 1 amide bonds. The summed E-state index contributed by atoms with van der Waals surface area (Å²) in [5.41, 5.74) is 0. The number of carbonyl (C=O) groups is 1. The van der Waals surface area contributed by atoms with Crippen molar-refractivity contribution in [1.29, 1.82) is 0 Å². The van der Waals surface area contributed by atoms with Crippen molar-refractivity contribution in [3.63, 3.8) is 0 Å². The molecule has 0 spiro atoms. The molecular weight excluding hydrogens is 467 g/mol. The van der Waals surface area contributed by atoms with E-state index in [2.05, 4.69) is 25.5 Å². The van der Waals surface area contributed by atoms with Crippen molar-refractivity contribution in [3.8, 4) is 0 Å². The maximum atomic E-state index is 11.8. The number of aliphatic imine (C=N–C) groups is 1. The number of amides is 1. The van der Waals surface area contributed by atoms with Crippen molar-refractivity contribution in [1.82, 2.24) is 25.4 Å². The van der Waals surface area contributed by atoms with E-state index in [1.807, 2.05) is 13.1 Å². The summed E-state index contributed by atoms with van der Waals surface area (Å²) >= 11 is 1.65. The number of ether oxygens (including phenoxy) is 1. The van der Waals surface area contributed by atoms with Crippen LogP contribution in [-0.4, -0.2) is 86.7 Å². The summed E-state index contributed by atoms with van der Waals surface area (Å²) in [5.74, 6) is 0.607. The van der Waals surface area contributed by atoms with Crippen LogP contribution in [-0.2, 0) is 16.1 Å². The van der Waals surface area contributed by atoms with Gasteiger partial charge in [0.25, 0.3) is 0 Å². The molecule has 2 heterocycles. The lowest BCUT2D eigenvalue weighted by molar-refractivity contribution is -0.127. The van der Waals surface area contributed by atoms with Gasteiger partial charge in [-0.05, 0) is 6.92 Å². The molecule has 10 heteroatoms. The maximum Gasteiger partial charge on any atom is 0.243 e. The van der Waals surface area contributed by atoms with Gasteiger partial charge < -0.3 is 20.3 Å². The highest BCUT2D eigenvalue weighted by Crippen LogP contribution is 2.10. The van der Waals surface area contributed by atoms with Crippen LogP contribution in [0.1, 0.15) is 9.88 Å². The van der Waals surface area contributed by atoms with Crippen molar-refractivity contribution in [2.75, 3.05) is 60.0 Å². The molecule has 0 aromatic carbocycles. The van der Waals surface area contributed by atoms with Gasteiger partial charge >= 0.3 is 0 Å². The lowest BCUT2D eigenvalue weighted by Crippen LogP contribution is -2.44. The summed E-state index contributed by atoms with van der Waals surface area (Å²) in [4.78, 5) is 25.6. The van der Waals surface area contributed by atoms with Gasteiger partial charge in [0.1, 0.15) is 11.6 Å². The second-order valence-electron chi connectivity index (χ2n) is 6.05. The van der Waals surface area contributed by atoms with Crippen LogP contribution in [0.2, 0.25) is 0 Å². The van der Waals surface area contributed by atoms with E-state index in [-0.39, 0.29) is 36.4 Å². The number of rotatable bonds is 7. The molecule has 26 heavy (non-hydrogen) atoms. The van der Waals surface area contributed by atoms with Crippen LogP contribution in [0.3, 0.4) is 0 Å². The molecule has 0 unspecified atom stereocenters. The van der Waals surface area contributed by atoms with Crippen LogP contribution >= 0.6 is 35.3 Å². The van der Waals surface area contributed by atoms with Crippen molar-refractivity contribution >= 4 is 47.2 Å². The normalized spacial score (nSPS) is 15.3. The third-order valence-electron chi connectivity index (χ3n) is 3.77. The van der Waals surface area contributed by atoms with Crippen LogP contribution in [0.25, 0.3) is 0 Å². The van der Waals surface area contributed by atoms with Crippen LogP contribution in [0.15, 0.2) is 11.2 Å². The molecule has 1 saturated heterocycles. The Morgan fingerprint density at radius 1 is 1.38 bits per heavy atom. The molecule has 0 aliphatic carbocycles. The van der Waals surface area contributed by atoms with Crippen molar-refractivity contribution in [2.45, 2.75) is 13.5 Å². The van der Waals surface area contributed by atoms with Gasteiger partial charge in [-0.2, -0.15) is 0 Å². The molecule has 2 N–H and O–H groups in total. The van der Waals surface area contributed by atoms with E-state index in [1.54, 1.807) is 30.3 Å². The van der Waals surface area contributed by atoms with Gasteiger partial charge in [-0.25, -0.2) is 9.98 Å². The minimum Gasteiger partial charge on any atom is -0.379 e. The van der Waals surface area contributed by atoms with Gasteiger partial charge in [0.2, 0.25) is 5.91 Å². The molecule has 148 valence electrons. The molecule has 1 aromatic heterocycles. The Balaban J connectivity index is 0.00000338. The SMILES string of the molecule is Cc1cnc(CNC(=NCC(=O)N(C)C)NCCN2CCOCC2)s1.I. The van der Waals surface area contributed by atoms with Crippen LogP contribution in [0.5, 0.6) is 0 Å². The number of likely N-dealkylation sites (N-methyl/N-ethyl adjacent to an activating group) is 1. The fourth-order valence-electron chi connectivity index (χ4n) is 2.26. The predicted octanol–water partition coefficient (Wildman–Crippen LogP) is 0.525. The second-order valence-corrected chi connectivity index (χ2v) is 7.37. The fourth-order valence-corrected chi connectivity index (χ4v) is 2.99. The molecule has 8 nitrogen and oxygen atoms in total. The molecule has 1 aliphatic heterocycles. The molecule has 1 aromatic rings. The molecule has 0 atom stereocenters. The van der Waals surface area contributed by atoms with E-state index in [0.717, 1.165) is 44.4 Å². The molecule has 0 bridgehead atoms. The Hall–Kier alpha value is -0.980. The van der Waals surface area contributed by atoms with Gasteiger partial charge in [-0.3, -0.25) is 9.69 Å². The van der Waals surface area contributed by atoms with E-state index in [9.17, 15) is 4.79 Å². The maximum absolute atomic E-state index is 11.8. The number of guanidine groups is 1. The lowest BCUT2D eigenvalue weighted by Gasteiger charge is -2.26. The summed E-state index contributed by atoms with van der Waals surface area (Å²) in [7, 11) is 3.46. The molecule has 1 aliphatic rings. The average Bonchev–Trinajstić information content (AvgIpc) is 3.02. The molecule has 2 rings (SSSR count). The smallest absolute Gasteiger partial charge is 0.243 e. The number of nitrogens with zero attached hydrogens (tertiary/aromatic N) is 4. The number of thiazole rings is 1. The first-order valence-corrected chi connectivity index (χ1v) is 9.30. The summed E-state index contributed by atoms with van der Waals surface area (Å²) < 4.78 is 5.36. The number of nitrogens with one attached hydrogen (secondary N) is 2. The van der Waals surface area contributed by atoms with Crippen LogP contribution in [0.4, 0.5) is 0 Å². The Morgan fingerprint density at radius 3 is 2.73 bits per heavy atom. The van der Waals surface area contributed by atoms with Gasteiger partial charge in [0.15, 0.2) is 5.96 Å². The van der Waals surface area contributed by atoms with E-state index >= 15 is 0 Å². The predicted molar refractivity (Wildman–Crippen MR) is 115 cm³/mol. The first-order chi connectivity index (χ1) is 12.0. The number of aryl methyl sites for hydroxylation is 1. The standard InChI is InChI=1S/C16H28N6O2S.HI/c1-13-10-18-14(25-13)11-19-16(20-12-15(23)21(2)3)17-4-5-22-6-8-24-9-7-22;/h10H,4-9,11-12H2,1-3H3,(H2,17,19,20);1H. The number of aromatic nitrogens is 1. The Bertz CT molecular complexity index is 575. The van der Waals surface area contributed by atoms with E-state index in [1.165, 1.54) is 4.88 Å². The van der Waals surface area contributed by atoms with E-state index < -0.39 is 0 Å². The topological polar surface area (TPSA) is 82.1 Å². The third-order valence-corrected chi connectivity index (χ3v) is 4.68. The average molecular weight is 496 g/mol.